The van der Waals surface area contributed by atoms with Gasteiger partial charge in [-0.2, -0.15) is 0 Å². The van der Waals surface area contributed by atoms with E-state index in [1.54, 1.807) is 38.1 Å². The molecule has 10 nitrogen and oxygen atoms in total. The maximum Gasteiger partial charge on any atom is 0.348 e. The molecular weight excluding hydrogens is 422 g/mol. The van der Waals surface area contributed by atoms with Gasteiger partial charge in [-0.25, -0.2) is 24.4 Å². The normalized spacial score (nSPS) is 10.6. The molecule has 0 unspecified atom stereocenters. The van der Waals surface area contributed by atoms with Gasteiger partial charge < -0.3 is 26.3 Å². The van der Waals surface area contributed by atoms with Crippen molar-refractivity contribution in [1.29, 1.82) is 0 Å². The van der Waals surface area contributed by atoms with Gasteiger partial charge in [-0.3, -0.25) is 0 Å². The maximum absolute atomic E-state index is 12.3. The molecule has 1 aromatic carbocycles. The lowest BCUT2D eigenvalue weighted by Crippen LogP contribution is -2.28. The first-order valence-electron chi connectivity index (χ1n) is 9.32. The summed E-state index contributed by atoms with van der Waals surface area (Å²) in [5, 5.41) is 3.05. The standard InChI is InChI=1S/C20H21N5O5S/c1-3-29-19(27)15-10(2)14-16(21)24-13(25-17(14)31-15)9-30-18(26)12-6-4-11(5-7-12)8-23-20(22)28/h4-7H,3,8-9H2,1-2H3,(H2,21,24,25)(H3,22,23,28). The first-order chi connectivity index (χ1) is 14.8. The van der Waals surface area contributed by atoms with Crippen molar-refractivity contribution in [2.24, 2.45) is 5.73 Å². The number of nitrogens with zero attached hydrogens (tertiary/aromatic N) is 2. The summed E-state index contributed by atoms with van der Waals surface area (Å²) in [5.74, 6) is -0.583. The van der Waals surface area contributed by atoms with E-state index in [0.29, 0.717) is 26.2 Å². The molecule has 0 saturated carbocycles. The lowest BCUT2D eigenvalue weighted by Gasteiger charge is -2.07. The number of esters is 2. The number of hydrogen-bond acceptors (Lipinski definition) is 9. The highest BCUT2D eigenvalue weighted by Gasteiger charge is 2.21. The first kappa shape index (κ1) is 22.0. The van der Waals surface area contributed by atoms with Gasteiger partial charge in [-0.15, -0.1) is 11.3 Å². The van der Waals surface area contributed by atoms with Gasteiger partial charge in [0.1, 0.15) is 15.5 Å². The zero-order chi connectivity index (χ0) is 22.5. The number of primary amides is 1. The van der Waals surface area contributed by atoms with Crippen LogP contribution < -0.4 is 16.8 Å². The quantitative estimate of drug-likeness (QED) is 0.469. The average Bonchev–Trinajstić information content (AvgIpc) is 3.08. The predicted molar refractivity (Wildman–Crippen MR) is 115 cm³/mol. The van der Waals surface area contributed by atoms with E-state index >= 15 is 0 Å². The molecule has 0 aliphatic rings. The summed E-state index contributed by atoms with van der Waals surface area (Å²) < 4.78 is 10.3. The molecule has 0 atom stereocenters. The van der Waals surface area contributed by atoms with Crippen molar-refractivity contribution in [2.45, 2.75) is 27.0 Å². The van der Waals surface area contributed by atoms with Crippen LogP contribution in [0.5, 0.6) is 0 Å². The van der Waals surface area contributed by atoms with E-state index in [-0.39, 0.29) is 31.4 Å². The molecule has 0 fully saturated rings. The molecule has 3 rings (SSSR count). The van der Waals surface area contributed by atoms with Gasteiger partial charge >= 0.3 is 18.0 Å². The molecule has 3 aromatic rings. The highest BCUT2D eigenvalue weighted by Crippen LogP contribution is 2.33. The van der Waals surface area contributed by atoms with Crippen LogP contribution in [-0.2, 0) is 22.6 Å². The van der Waals surface area contributed by atoms with Crippen LogP contribution >= 0.6 is 11.3 Å². The van der Waals surface area contributed by atoms with Crippen molar-refractivity contribution in [3.05, 3.63) is 51.7 Å². The van der Waals surface area contributed by atoms with Gasteiger partial charge in [0, 0.05) is 6.54 Å². The van der Waals surface area contributed by atoms with Crippen LogP contribution in [0.15, 0.2) is 24.3 Å². The van der Waals surface area contributed by atoms with E-state index in [0.717, 1.165) is 16.9 Å². The van der Waals surface area contributed by atoms with E-state index in [9.17, 15) is 14.4 Å². The number of thiophene rings is 1. The number of aromatic nitrogens is 2. The molecule has 0 spiro atoms. The van der Waals surface area contributed by atoms with Crippen LogP contribution in [0.2, 0.25) is 0 Å². The number of rotatable bonds is 7. The third-order valence-electron chi connectivity index (χ3n) is 4.31. The summed E-state index contributed by atoms with van der Waals surface area (Å²) in [4.78, 5) is 44.7. The molecule has 31 heavy (non-hydrogen) atoms. The monoisotopic (exact) mass is 443 g/mol. The van der Waals surface area contributed by atoms with Gasteiger partial charge in [0.05, 0.1) is 17.6 Å². The molecule has 0 aliphatic carbocycles. The van der Waals surface area contributed by atoms with Gasteiger partial charge in [0.2, 0.25) is 0 Å². The molecule has 0 aliphatic heterocycles. The number of ether oxygens (including phenoxy) is 2. The SMILES string of the molecule is CCOC(=O)c1sc2nc(COC(=O)c3ccc(CNC(N)=O)cc3)nc(N)c2c1C. The van der Waals surface area contributed by atoms with Crippen LogP contribution in [0.3, 0.4) is 0 Å². The Bertz CT molecular complexity index is 1140. The van der Waals surface area contributed by atoms with Crippen molar-refractivity contribution >= 4 is 45.3 Å². The second kappa shape index (κ2) is 9.39. The topological polar surface area (TPSA) is 160 Å². The molecule has 11 heteroatoms. The summed E-state index contributed by atoms with van der Waals surface area (Å²) in [7, 11) is 0. The zero-order valence-electron chi connectivity index (χ0n) is 16.9. The minimum Gasteiger partial charge on any atom is -0.462 e. The number of nitrogen functional groups attached to an aromatic ring is 1. The summed E-state index contributed by atoms with van der Waals surface area (Å²) in [6.45, 7) is 3.82. The van der Waals surface area contributed by atoms with E-state index in [1.807, 2.05) is 0 Å². The Kier molecular flexibility index (Phi) is 6.65. The molecule has 0 bridgehead atoms. The minimum atomic E-state index is -0.630. The second-order valence-corrected chi connectivity index (χ2v) is 7.47. The van der Waals surface area contributed by atoms with Gasteiger partial charge in [0.15, 0.2) is 12.4 Å². The number of hydrogen-bond donors (Lipinski definition) is 3. The molecule has 2 heterocycles. The minimum absolute atomic E-state index is 0.185. The Morgan fingerprint density at radius 3 is 2.45 bits per heavy atom. The lowest BCUT2D eigenvalue weighted by molar-refractivity contribution is 0.0461. The number of nitrogens with two attached hydrogens (primary N) is 2. The van der Waals surface area contributed by atoms with Gasteiger partial charge in [-0.1, -0.05) is 12.1 Å². The van der Waals surface area contributed by atoms with Crippen molar-refractivity contribution in [1.82, 2.24) is 15.3 Å². The molecule has 0 saturated heterocycles. The number of fused-ring (bicyclic) bond motifs is 1. The van der Waals surface area contributed by atoms with Crippen LogP contribution in [0, 0.1) is 6.92 Å². The smallest absolute Gasteiger partial charge is 0.348 e. The second-order valence-electron chi connectivity index (χ2n) is 6.47. The lowest BCUT2D eigenvalue weighted by atomic mass is 10.1. The van der Waals surface area contributed by atoms with Crippen molar-refractivity contribution in [3.8, 4) is 0 Å². The molecule has 2 amide bonds. The number of carbonyl (C=O) groups excluding carboxylic acids is 3. The van der Waals surface area contributed by atoms with E-state index < -0.39 is 18.0 Å². The maximum atomic E-state index is 12.3. The molecule has 0 radical (unpaired) electrons. The number of amides is 2. The van der Waals surface area contributed by atoms with Gasteiger partial charge in [-0.05, 0) is 37.1 Å². The third kappa shape index (κ3) is 5.07. The number of anilines is 1. The fourth-order valence-electron chi connectivity index (χ4n) is 2.83. The largest absolute Gasteiger partial charge is 0.462 e. The zero-order valence-corrected chi connectivity index (χ0v) is 17.7. The third-order valence-corrected chi connectivity index (χ3v) is 5.48. The highest BCUT2D eigenvalue weighted by molar-refractivity contribution is 7.20. The fraction of sp³-hybridized carbons (Fsp3) is 0.250. The van der Waals surface area contributed by atoms with E-state index in [4.69, 9.17) is 20.9 Å². The molecule has 5 N–H and O–H groups in total. The average molecular weight is 443 g/mol. The van der Waals surface area contributed by atoms with Crippen LogP contribution in [0.25, 0.3) is 10.2 Å². The number of nitrogens with one attached hydrogen (secondary N) is 1. The number of aryl methyl sites for hydroxylation is 1. The van der Waals surface area contributed by atoms with Gasteiger partial charge in [0.25, 0.3) is 0 Å². The Balaban J connectivity index is 1.71. The summed E-state index contributed by atoms with van der Waals surface area (Å²) in [5.41, 5.74) is 12.8. The Labute approximate surface area is 181 Å². The molecular formula is C20H21N5O5S. The Hall–Kier alpha value is -3.73. The van der Waals surface area contributed by atoms with Crippen LogP contribution in [-0.4, -0.2) is 34.5 Å². The highest BCUT2D eigenvalue weighted by atomic mass is 32.1. The Morgan fingerprint density at radius 2 is 1.81 bits per heavy atom. The summed E-state index contributed by atoms with van der Waals surface area (Å²) in [6.07, 6.45) is 0. The number of urea groups is 1. The van der Waals surface area contributed by atoms with Crippen molar-refractivity contribution in [2.75, 3.05) is 12.3 Å². The summed E-state index contributed by atoms with van der Waals surface area (Å²) in [6, 6.07) is 5.88. The number of carbonyl (C=O) groups is 3. The van der Waals surface area contributed by atoms with Crippen molar-refractivity contribution < 1.29 is 23.9 Å². The van der Waals surface area contributed by atoms with Crippen LogP contribution in [0.4, 0.5) is 10.6 Å². The predicted octanol–water partition coefficient (Wildman–Crippen LogP) is 2.28. The number of benzene rings is 1. The van der Waals surface area contributed by atoms with Crippen molar-refractivity contribution in [3.63, 3.8) is 0 Å². The van der Waals surface area contributed by atoms with E-state index in [2.05, 4.69) is 15.3 Å². The summed E-state index contributed by atoms with van der Waals surface area (Å²) >= 11 is 1.15. The molecule has 2 aromatic heterocycles. The first-order valence-corrected chi connectivity index (χ1v) is 10.1. The molecule has 162 valence electrons. The van der Waals surface area contributed by atoms with E-state index in [1.165, 1.54) is 0 Å². The Morgan fingerprint density at radius 1 is 1.10 bits per heavy atom. The fourth-order valence-corrected chi connectivity index (χ4v) is 3.93. The van der Waals surface area contributed by atoms with Crippen LogP contribution in [0.1, 0.15) is 43.9 Å².